The Bertz CT molecular complexity index is 561. The SMILES string of the molecule is Cc1ccc(F)cc1S(=O)(=O)N(C)CC(C)(C)CN.Cl. The Morgan fingerprint density at radius 3 is 2.40 bits per heavy atom. The molecule has 0 fully saturated rings. The first kappa shape index (κ1) is 19.3. The van der Waals surface area contributed by atoms with Crippen LogP contribution in [0.2, 0.25) is 0 Å². The Labute approximate surface area is 126 Å². The van der Waals surface area contributed by atoms with Gasteiger partial charge in [0.05, 0.1) is 4.90 Å². The highest BCUT2D eigenvalue weighted by molar-refractivity contribution is 7.89. The highest BCUT2D eigenvalue weighted by Crippen LogP contribution is 2.23. The van der Waals surface area contributed by atoms with E-state index < -0.39 is 15.8 Å². The van der Waals surface area contributed by atoms with E-state index in [1.54, 1.807) is 6.92 Å². The summed E-state index contributed by atoms with van der Waals surface area (Å²) < 4.78 is 39.3. The lowest BCUT2D eigenvalue weighted by Crippen LogP contribution is -2.39. The Morgan fingerprint density at radius 2 is 1.90 bits per heavy atom. The van der Waals surface area contributed by atoms with E-state index in [0.717, 1.165) is 6.07 Å². The minimum atomic E-state index is -3.70. The van der Waals surface area contributed by atoms with Crippen LogP contribution in [0, 0.1) is 18.2 Å². The maximum Gasteiger partial charge on any atom is 0.243 e. The molecule has 0 amide bonds. The van der Waals surface area contributed by atoms with E-state index in [1.165, 1.54) is 23.5 Å². The number of aryl methyl sites for hydroxylation is 1. The van der Waals surface area contributed by atoms with Gasteiger partial charge in [-0.05, 0) is 36.6 Å². The molecule has 0 aliphatic rings. The van der Waals surface area contributed by atoms with Crippen LogP contribution in [-0.4, -0.2) is 32.9 Å². The molecule has 0 atom stereocenters. The molecule has 0 aliphatic carbocycles. The fourth-order valence-electron chi connectivity index (χ4n) is 1.77. The largest absolute Gasteiger partial charge is 0.330 e. The first-order valence-corrected chi connectivity index (χ1v) is 7.47. The summed E-state index contributed by atoms with van der Waals surface area (Å²) in [5.41, 5.74) is 5.81. The Balaban J connectivity index is 0.00000361. The second kappa shape index (κ2) is 6.85. The zero-order chi connectivity index (χ0) is 14.8. The van der Waals surface area contributed by atoms with E-state index in [4.69, 9.17) is 5.73 Å². The van der Waals surface area contributed by atoms with Crippen molar-refractivity contribution < 1.29 is 12.8 Å². The molecule has 0 spiro atoms. The summed E-state index contributed by atoms with van der Waals surface area (Å²) in [4.78, 5) is 0.00261. The number of rotatable bonds is 5. The van der Waals surface area contributed by atoms with Gasteiger partial charge in [-0.2, -0.15) is 0 Å². The summed E-state index contributed by atoms with van der Waals surface area (Å²) in [7, 11) is -2.21. The quantitative estimate of drug-likeness (QED) is 0.902. The van der Waals surface area contributed by atoms with Crippen molar-refractivity contribution >= 4 is 22.4 Å². The second-order valence-corrected chi connectivity index (χ2v) is 7.55. The number of hydrogen-bond acceptors (Lipinski definition) is 3. The van der Waals surface area contributed by atoms with Gasteiger partial charge in [0.15, 0.2) is 0 Å². The second-order valence-electron chi connectivity index (χ2n) is 5.54. The molecule has 0 unspecified atom stereocenters. The minimum Gasteiger partial charge on any atom is -0.330 e. The molecule has 0 saturated heterocycles. The summed E-state index contributed by atoms with van der Waals surface area (Å²) >= 11 is 0. The molecule has 7 heteroatoms. The van der Waals surface area contributed by atoms with E-state index in [1.807, 2.05) is 13.8 Å². The van der Waals surface area contributed by atoms with Crippen molar-refractivity contribution in [2.75, 3.05) is 20.1 Å². The molecule has 2 N–H and O–H groups in total. The smallest absolute Gasteiger partial charge is 0.243 e. The average molecular weight is 325 g/mol. The van der Waals surface area contributed by atoms with Crippen LogP contribution in [-0.2, 0) is 10.0 Å². The van der Waals surface area contributed by atoms with Crippen LogP contribution in [0.5, 0.6) is 0 Å². The molecule has 1 aromatic rings. The van der Waals surface area contributed by atoms with Crippen molar-refractivity contribution in [3.63, 3.8) is 0 Å². The number of nitrogens with two attached hydrogens (primary N) is 1. The van der Waals surface area contributed by atoms with Crippen molar-refractivity contribution in [1.82, 2.24) is 4.31 Å². The minimum absolute atomic E-state index is 0. The Morgan fingerprint density at radius 1 is 1.35 bits per heavy atom. The zero-order valence-electron chi connectivity index (χ0n) is 12.2. The molecule has 0 aliphatic heterocycles. The van der Waals surface area contributed by atoms with Gasteiger partial charge in [-0.25, -0.2) is 17.1 Å². The van der Waals surface area contributed by atoms with E-state index >= 15 is 0 Å². The summed E-state index contributed by atoms with van der Waals surface area (Å²) in [5.74, 6) is -0.560. The monoisotopic (exact) mass is 324 g/mol. The van der Waals surface area contributed by atoms with Gasteiger partial charge in [0, 0.05) is 13.6 Å². The van der Waals surface area contributed by atoms with Crippen LogP contribution < -0.4 is 5.73 Å². The molecule has 20 heavy (non-hydrogen) atoms. The maximum atomic E-state index is 13.2. The van der Waals surface area contributed by atoms with Crippen LogP contribution in [0.25, 0.3) is 0 Å². The molecule has 0 heterocycles. The first-order chi connectivity index (χ1) is 8.60. The van der Waals surface area contributed by atoms with Crippen molar-refractivity contribution in [3.05, 3.63) is 29.6 Å². The standard InChI is InChI=1S/C13H21FN2O2S.ClH/c1-10-5-6-11(14)7-12(10)19(17,18)16(4)9-13(2,3)8-15;/h5-7H,8-9,15H2,1-4H3;1H. The number of benzene rings is 1. The third kappa shape index (κ3) is 4.41. The normalized spacial score (nSPS) is 12.3. The number of nitrogens with zero attached hydrogens (tertiary/aromatic N) is 1. The van der Waals surface area contributed by atoms with Crippen LogP contribution in [0.15, 0.2) is 23.1 Å². The van der Waals surface area contributed by atoms with Gasteiger partial charge in [-0.15, -0.1) is 12.4 Å². The number of sulfonamides is 1. The lowest BCUT2D eigenvalue weighted by molar-refractivity contribution is 0.292. The topological polar surface area (TPSA) is 63.4 Å². The molecule has 1 aromatic carbocycles. The highest BCUT2D eigenvalue weighted by Gasteiger charge is 2.28. The van der Waals surface area contributed by atoms with Gasteiger partial charge in [0.25, 0.3) is 0 Å². The van der Waals surface area contributed by atoms with Crippen LogP contribution in [0.1, 0.15) is 19.4 Å². The van der Waals surface area contributed by atoms with Crippen LogP contribution in [0.3, 0.4) is 0 Å². The van der Waals surface area contributed by atoms with Gasteiger partial charge in [-0.1, -0.05) is 19.9 Å². The molecule has 0 saturated carbocycles. The lowest BCUT2D eigenvalue weighted by Gasteiger charge is -2.28. The number of hydrogen-bond donors (Lipinski definition) is 1. The Hall–Kier alpha value is -0.690. The molecular formula is C13H22ClFN2O2S. The Kier molecular flexibility index (Phi) is 6.61. The fraction of sp³-hybridized carbons (Fsp3) is 0.538. The van der Waals surface area contributed by atoms with E-state index in [-0.39, 0.29) is 29.3 Å². The molecule has 116 valence electrons. The van der Waals surface area contributed by atoms with Gasteiger partial charge in [-0.3, -0.25) is 0 Å². The summed E-state index contributed by atoms with van der Waals surface area (Å²) in [6.45, 7) is 6.07. The average Bonchev–Trinajstić information content (AvgIpc) is 2.31. The van der Waals surface area contributed by atoms with Gasteiger partial charge >= 0.3 is 0 Å². The first-order valence-electron chi connectivity index (χ1n) is 6.03. The summed E-state index contributed by atoms with van der Waals surface area (Å²) in [6, 6.07) is 3.76. The van der Waals surface area contributed by atoms with Crippen molar-refractivity contribution in [2.24, 2.45) is 11.1 Å². The maximum absolute atomic E-state index is 13.2. The molecule has 0 aromatic heterocycles. The third-order valence-corrected chi connectivity index (χ3v) is 4.99. The van der Waals surface area contributed by atoms with Crippen LogP contribution >= 0.6 is 12.4 Å². The zero-order valence-corrected chi connectivity index (χ0v) is 13.8. The van der Waals surface area contributed by atoms with Gasteiger partial charge in [0.1, 0.15) is 5.82 Å². The van der Waals surface area contributed by atoms with Gasteiger partial charge in [0.2, 0.25) is 10.0 Å². The highest BCUT2D eigenvalue weighted by atomic mass is 35.5. The molecular weight excluding hydrogens is 303 g/mol. The predicted molar refractivity (Wildman–Crippen MR) is 81.0 cm³/mol. The third-order valence-electron chi connectivity index (χ3n) is 3.04. The van der Waals surface area contributed by atoms with E-state index in [0.29, 0.717) is 12.1 Å². The molecule has 0 radical (unpaired) electrons. The van der Waals surface area contributed by atoms with Gasteiger partial charge < -0.3 is 5.73 Å². The fourth-order valence-corrected chi connectivity index (χ4v) is 3.36. The van der Waals surface area contributed by atoms with E-state index in [9.17, 15) is 12.8 Å². The summed E-state index contributed by atoms with van der Waals surface area (Å²) in [6.07, 6.45) is 0. The summed E-state index contributed by atoms with van der Waals surface area (Å²) in [5, 5.41) is 0. The van der Waals surface area contributed by atoms with Crippen molar-refractivity contribution in [1.29, 1.82) is 0 Å². The van der Waals surface area contributed by atoms with E-state index in [2.05, 4.69) is 0 Å². The van der Waals surface area contributed by atoms with Crippen molar-refractivity contribution in [2.45, 2.75) is 25.7 Å². The molecule has 0 bridgehead atoms. The molecule has 4 nitrogen and oxygen atoms in total. The number of halogens is 2. The predicted octanol–water partition coefficient (Wildman–Crippen LogP) is 2.16. The lowest BCUT2D eigenvalue weighted by atomic mass is 9.94. The van der Waals surface area contributed by atoms with Crippen LogP contribution in [0.4, 0.5) is 4.39 Å². The van der Waals surface area contributed by atoms with Crippen molar-refractivity contribution in [3.8, 4) is 0 Å². The molecule has 1 rings (SSSR count).